The standard InChI is InChI=1S/C29H26ClF3N4O3/c1-39-28(38)36-23-8-4-19(5-9-23)21-15-35-37(16-21)26(12-18-2-3-18)25-10-6-20(14-34-25)24-13-22(30)7-11-27(24)40-17-29(31,32)33/h4-11,13-16,18,26H,2-3,12,17H2,1H3,(H,36,38)/p+1. The summed E-state index contributed by atoms with van der Waals surface area (Å²) < 4.78 is 49.9. The molecule has 2 aromatic carbocycles. The maximum absolute atomic E-state index is 12.8. The molecule has 0 radical (unpaired) electrons. The summed E-state index contributed by atoms with van der Waals surface area (Å²) in [4.78, 5) is 14.8. The first kappa shape index (κ1) is 27.5. The smallest absolute Gasteiger partial charge is 0.422 e. The molecule has 40 heavy (non-hydrogen) atoms. The highest BCUT2D eigenvalue weighted by Gasteiger charge is 2.31. The van der Waals surface area contributed by atoms with E-state index in [1.165, 1.54) is 32.1 Å². The fourth-order valence-corrected chi connectivity index (χ4v) is 4.62. The summed E-state index contributed by atoms with van der Waals surface area (Å²) in [5, 5.41) is 7.67. The van der Waals surface area contributed by atoms with E-state index < -0.39 is 18.9 Å². The van der Waals surface area contributed by atoms with Crippen molar-refractivity contribution in [2.75, 3.05) is 19.0 Å². The van der Waals surface area contributed by atoms with Crippen LogP contribution in [-0.2, 0) is 4.74 Å². The molecule has 4 aromatic rings. The van der Waals surface area contributed by atoms with Gasteiger partial charge < -0.3 is 9.47 Å². The molecule has 1 saturated carbocycles. The van der Waals surface area contributed by atoms with E-state index in [1.807, 2.05) is 35.1 Å². The van der Waals surface area contributed by atoms with Gasteiger partial charge in [0.1, 0.15) is 11.8 Å². The number of nitrogens with one attached hydrogen (secondary N) is 2. The Morgan fingerprint density at radius 2 is 1.88 bits per heavy atom. The maximum Gasteiger partial charge on any atom is 0.422 e. The summed E-state index contributed by atoms with van der Waals surface area (Å²) in [5.41, 5.74) is 4.52. The number of nitrogens with zero attached hydrogens (tertiary/aromatic N) is 2. The number of carbonyl (C=O) groups excluding carboxylic acids is 1. The predicted octanol–water partition coefficient (Wildman–Crippen LogP) is 7.19. The molecule has 0 aliphatic heterocycles. The van der Waals surface area contributed by atoms with Gasteiger partial charge in [-0.3, -0.25) is 10.00 Å². The third-order valence-corrected chi connectivity index (χ3v) is 6.90. The van der Waals surface area contributed by atoms with Crippen LogP contribution in [0.3, 0.4) is 0 Å². The highest BCUT2D eigenvalue weighted by atomic mass is 35.5. The number of hydrogen-bond acceptors (Lipinski definition) is 4. The molecule has 1 aliphatic carbocycles. The van der Waals surface area contributed by atoms with Crippen LogP contribution < -0.4 is 15.0 Å². The number of anilines is 1. The monoisotopic (exact) mass is 571 g/mol. The van der Waals surface area contributed by atoms with Crippen LogP contribution in [0.25, 0.3) is 22.3 Å². The Morgan fingerprint density at radius 3 is 2.52 bits per heavy atom. The molecular weight excluding hydrogens is 545 g/mol. The Morgan fingerprint density at radius 1 is 1.12 bits per heavy atom. The zero-order valence-corrected chi connectivity index (χ0v) is 22.3. The number of hydrogen-bond donors (Lipinski definition) is 1. The molecule has 1 fully saturated rings. The first-order chi connectivity index (χ1) is 19.2. The lowest BCUT2D eigenvalue weighted by atomic mass is 10.0. The number of aromatic nitrogens is 3. The predicted molar refractivity (Wildman–Crippen MR) is 144 cm³/mol. The summed E-state index contributed by atoms with van der Waals surface area (Å²) in [6.07, 6.45) is 3.78. The van der Waals surface area contributed by atoms with Gasteiger partial charge in [-0.2, -0.15) is 18.3 Å². The molecule has 2 aromatic heterocycles. The molecular formula is C29H27ClF3N4O3+. The molecule has 2 N–H and O–H groups in total. The molecule has 0 spiro atoms. The Hall–Kier alpha value is -4.05. The molecule has 11 heteroatoms. The van der Waals surface area contributed by atoms with Crippen LogP contribution in [0.15, 0.2) is 73.2 Å². The van der Waals surface area contributed by atoms with Crippen LogP contribution in [0.1, 0.15) is 31.0 Å². The summed E-state index contributed by atoms with van der Waals surface area (Å²) in [6, 6.07) is 15.6. The Kier molecular flexibility index (Phi) is 7.97. The second-order valence-electron chi connectivity index (χ2n) is 9.67. The van der Waals surface area contributed by atoms with Crippen LogP contribution in [0.2, 0.25) is 5.02 Å². The van der Waals surface area contributed by atoms with E-state index >= 15 is 0 Å². The van der Waals surface area contributed by atoms with E-state index in [2.05, 4.69) is 20.1 Å². The van der Waals surface area contributed by atoms with Crippen molar-refractivity contribution in [3.8, 4) is 28.0 Å². The SMILES string of the molecule is COC(=O)Nc1ccc(-c2cnn(C(CC3CC3)c3ccc(-c4cc(Cl)ccc4OCC(F)(F)F)c[nH+]3)c2)cc1. The second-order valence-corrected chi connectivity index (χ2v) is 10.1. The summed E-state index contributed by atoms with van der Waals surface area (Å²) in [7, 11) is 1.31. The van der Waals surface area contributed by atoms with Gasteiger partial charge in [-0.15, -0.1) is 0 Å². The molecule has 0 bridgehead atoms. The van der Waals surface area contributed by atoms with E-state index in [1.54, 1.807) is 30.6 Å². The number of rotatable bonds is 9. The average Bonchev–Trinajstić information content (AvgIpc) is 3.64. The van der Waals surface area contributed by atoms with Gasteiger partial charge in [0.05, 0.1) is 13.3 Å². The van der Waals surface area contributed by atoms with Crippen molar-refractivity contribution in [3.63, 3.8) is 0 Å². The van der Waals surface area contributed by atoms with Gasteiger partial charge in [0.2, 0.25) is 5.69 Å². The minimum Gasteiger partial charge on any atom is -0.483 e. The zero-order chi connectivity index (χ0) is 28.3. The van der Waals surface area contributed by atoms with Crippen molar-refractivity contribution < 1.29 is 32.4 Å². The number of carbonyl (C=O) groups is 1. The van der Waals surface area contributed by atoms with Gasteiger partial charge in [0.15, 0.2) is 12.8 Å². The van der Waals surface area contributed by atoms with Crippen LogP contribution in [0, 0.1) is 5.92 Å². The summed E-state index contributed by atoms with van der Waals surface area (Å²) >= 11 is 6.15. The lowest BCUT2D eigenvalue weighted by Crippen LogP contribution is -2.22. The molecule has 0 saturated heterocycles. The number of H-pyrrole nitrogens is 1. The highest BCUT2D eigenvalue weighted by Crippen LogP contribution is 2.39. The number of halogens is 4. The summed E-state index contributed by atoms with van der Waals surface area (Å²) in [6.45, 7) is -1.39. The van der Waals surface area contributed by atoms with E-state index in [0.717, 1.165) is 23.2 Å². The van der Waals surface area contributed by atoms with Gasteiger partial charge in [-0.1, -0.05) is 36.6 Å². The van der Waals surface area contributed by atoms with Crippen molar-refractivity contribution in [2.24, 2.45) is 5.92 Å². The highest BCUT2D eigenvalue weighted by molar-refractivity contribution is 6.31. The first-order valence-electron chi connectivity index (χ1n) is 12.7. The van der Waals surface area contributed by atoms with Gasteiger partial charge >= 0.3 is 12.3 Å². The number of pyridine rings is 1. The molecule has 1 amide bonds. The van der Waals surface area contributed by atoms with Crippen LogP contribution in [0.5, 0.6) is 5.75 Å². The topological polar surface area (TPSA) is 79.5 Å². The fourth-order valence-electron chi connectivity index (χ4n) is 4.44. The van der Waals surface area contributed by atoms with E-state index in [0.29, 0.717) is 27.8 Å². The second kappa shape index (κ2) is 11.6. The number of ether oxygens (including phenoxy) is 2. The Balaban J connectivity index is 1.38. The van der Waals surface area contributed by atoms with Crippen molar-refractivity contribution in [2.45, 2.75) is 31.5 Å². The Bertz CT molecular complexity index is 1470. The van der Waals surface area contributed by atoms with Gasteiger partial charge in [-0.25, -0.2) is 9.78 Å². The normalized spacial score (nSPS) is 14.0. The quantitative estimate of drug-likeness (QED) is 0.230. The molecule has 1 aliphatic rings. The number of amides is 1. The number of benzene rings is 2. The zero-order valence-electron chi connectivity index (χ0n) is 21.5. The van der Waals surface area contributed by atoms with Crippen LogP contribution >= 0.6 is 11.6 Å². The third kappa shape index (κ3) is 6.93. The fraction of sp³-hybridized carbons (Fsp3) is 0.276. The largest absolute Gasteiger partial charge is 0.483 e. The van der Waals surface area contributed by atoms with Crippen LogP contribution in [0.4, 0.5) is 23.7 Å². The van der Waals surface area contributed by atoms with Gasteiger partial charge in [0.25, 0.3) is 0 Å². The minimum absolute atomic E-state index is 0.0594. The number of alkyl halides is 3. The molecule has 1 unspecified atom stereocenters. The van der Waals surface area contributed by atoms with Crippen molar-refractivity contribution in [1.82, 2.24) is 9.78 Å². The molecule has 5 rings (SSSR count). The molecule has 2 heterocycles. The molecule has 1 atom stereocenters. The lowest BCUT2D eigenvalue weighted by molar-refractivity contribution is -0.393. The minimum atomic E-state index is -4.45. The Labute approximate surface area is 233 Å². The maximum atomic E-state index is 12.8. The van der Waals surface area contributed by atoms with E-state index in [9.17, 15) is 18.0 Å². The number of aromatic amines is 1. The number of methoxy groups -OCH3 is 1. The van der Waals surface area contributed by atoms with Crippen molar-refractivity contribution >= 4 is 23.4 Å². The summed E-state index contributed by atoms with van der Waals surface area (Å²) in [5.74, 6) is 0.701. The van der Waals surface area contributed by atoms with E-state index in [4.69, 9.17) is 16.3 Å². The van der Waals surface area contributed by atoms with Crippen molar-refractivity contribution in [1.29, 1.82) is 0 Å². The lowest BCUT2D eigenvalue weighted by Gasteiger charge is -2.15. The molecule has 208 valence electrons. The average molecular weight is 572 g/mol. The molecule has 7 nitrogen and oxygen atoms in total. The van der Waals surface area contributed by atoms with Gasteiger partial charge in [-0.05, 0) is 54.3 Å². The van der Waals surface area contributed by atoms with Crippen LogP contribution in [-0.4, -0.2) is 35.8 Å². The van der Waals surface area contributed by atoms with Crippen molar-refractivity contribution in [3.05, 3.63) is 83.9 Å². The van der Waals surface area contributed by atoms with Gasteiger partial charge in [0, 0.05) is 39.7 Å². The third-order valence-electron chi connectivity index (χ3n) is 6.66. The van der Waals surface area contributed by atoms with E-state index in [-0.39, 0.29) is 11.8 Å². The first-order valence-corrected chi connectivity index (χ1v) is 13.1.